The molecule has 3 rings (SSSR count). The van der Waals surface area contributed by atoms with Crippen LogP contribution in [0.1, 0.15) is 17.3 Å². The van der Waals surface area contributed by atoms with Crippen molar-refractivity contribution >= 4 is 11.8 Å². The van der Waals surface area contributed by atoms with Gasteiger partial charge in [0.1, 0.15) is 5.82 Å². The fourth-order valence-corrected chi connectivity index (χ4v) is 4.09. The van der Waals surface area contributed by atoms with Crippen molar-refractivity contribution in [2.75, 3.05) is 12.8 Å². The molecule has 100 valence electrons. The highest BCUT2D eigenvalue weighted by Crippen LogP contribution is 2.41. The normalized spacial score (nSPS) is 19.4. The lowest BCUT2D eigenvalue weighted by molar-refractivity contribution is 0.474. The summed E-state index contributed by atoms with van der Waals surface area (Å²) in [6.45, 7) is 0. The molecule has 1 N–H and O–H groups in total. The molecule has 0 amide bonds. The number of hydrogen-bond donors (Lipinski definition) is 1. The average molecular weight is 273 g/mol. The molecule has 0 radical (unpaired) electrons. The summed E-state index contributed by atoms with van der Waals surface area (Å²) < 4.78 is 2.11. The van der Waals surface area contributed by atoms with Crippen molar-refractivity contribution in [3.05, 3.63) is 48.0 Å². The predicted octanol–water partition coefficient (Wildman–Crippen LogP) is 2.44. The van der Waals surface area contributed by atoms with Gasteiger partial charge in [-0.2, -0.15) is 0 Å². The van der Waals surface area contributed by atoms with E-state index in [1.165, 1.54) is 10.5 Å². The molecule has 1 aliphatic heterocycles. The predicted molar refractivity (Wildman–Crippen MR) is 79.7 cm³/mol. The third-order valence-corrected chi connectivity index (χ3v) is 5.13. The first-order valence-electron chi connectivity index (χ1n) is 6.65. The minimum Gasteiger partial charge on any atom is -0.338 e. The first-order valence-corrected chi connectivity index (χ1v) is 7.63. The number of aryl methyl sites for hydroxylation is 1. The Morgan fingerprint density at radius 3 is 3.05 bits per heavy atom. The third-order valence-electron chi connectivity index (χ3n) is 3.92. The molecule has 0 saturated carbocycles. The molecule has 4 heteroatoms. The molecule has 19 heavy (non-hydrogen) atoms. The topological polar surface area (TPSA) is 29.9 Å². The number of likely N-dealkylation sites (N-methyl/N-ethyl adjacent to an activating group) is 1. The molecule has 2 heterocycles. The second-order valence-corrected chi connectivity index (χ2v) is 6.07. The minimum absolute atomic E-state index is 0.442. The molecule has 0 saturated heterocycles. The zero-order valence-electron chi connectivity index (χ0n) is 11.3. The van der Waals surface area contributed by atoms with Crippen LogP contribution in [-0.2, 0) is 13.5 Å². The van der Waals surface area contributed by atoms with Gasteiger partial charge in [-0.25, -0.2) is 4.98 Å². The van der Waals surface area contributed by atoms with Gasteiger partial charge in [0.15, 0.2) is 0 Å². The van der Waals surface area contributed by atoms with Crippen molar-refractivity contribution in [1.29, 1.82) is 0 Å². The zero-order valence-corrected chi connectivity index (χ0v) is 12.2. The van der Waals surface area contributed by atoms with E-state index < -0.39 is 0 Å². The van der Waals surface area contributed by atoms with Crippen molar-refractivity contribution < 1.29 is 0 Å². The minimum atomic E-state index is 0.442. The number of nitrogens with one attached hydrogen (secondary N) is 1. The Morgan fingerprint density at radius 1 is 1.47 bits per heavy atom. The van der Waals surface area contributed by atoms with Gasteiger partial charge in [0, 0.05) is 48.5 Å². The van der Waals surface area contributed by atoms with Gasteiger partial charge in [-0.3, -0.25) is 0 Å². The number of imidazole rings is 1. The molecule has 1 aromatic heterocycles. The Morgan fingerprint density at radius 2 is 2.32 bits per heavy atom. The summed E-state index contributed by atoms with van der Waals surface area (Å²) in [7, 11) is 4.12. The summed E-state index contributed by atoms with van der Waals surface area (Å²) in [6, 6.07) is 9.21. The Hall–Kier alpha value is -1.26. The van der Waals surface area contributed by atoms with E-state index in [2.05, 4.69) is 53.2 Å². The third kappa shape index (κ3) is 2.42. The van der Waals surface area contributed by atoms with Gasteiger partial charge in [-0.05, 0) is 18.7 Å². The highest BCUT2D eigenvalue weighted by atomic mass is 32.2. The number of thioether (sulfide) groups is 1. The van der Waals surface area contributed by atoms with Gasteiger partial charge in [-0.1, -0.05) is 18.2 Å². The molecule has 0 bridgehead atoms. The molecule has 1 aliphatic rings. The summed E-state index contributed by atoms with van der Waals surface area (Å²) >= 11 is 1.97. The Balaban J connectivity index is 1.82. The van der Waals surface area contributed by atoms with Crippen molar-refractivity contribution in [2.45, 2.75) is 23.3 Å². The maximum absolute atomic E-state index is 4.45. The van der Waals surface area contributed by atoms with E-state index in [0.717, 1.165) is 18.0 Å². The van der Waals surface area contributed by atoms with Crippen LogP contribution in [-0.4, -0.2) is 28.4 Å². The van der Waals surface area contributed by atoms with Crippen molar-refractivity contribution in [3.8, 4) is 0 Å². The number of benzene rings is 1. The van der Waals surface area contributed by atoms with Crippen molar-refractivity contribution in [2.24, 2.45) is 7.05 Å². The molecule has 2 atom stereocenters. The van der Waals surface area contributed by atoms with Gasteiger partial charge in [-0.15, -0.1) is 11.8 Å². The summed E-state index contributed by atoms with van der Waals surface area (Å²) in [4.78, 5) is 5.88. The molecule has 1 aromatic carbocycles. The van der Waals surface area contributed by atoms with E-state index >= 15 is 0 Å². The smallest absolute Gasteiger partial charge is 0.109 e. The first kappa shape index (κ1) is 12.8. The molecular formula is C15H19N3S. The highest BCUT2D eigenvalue weighted by Gasteiger charge is 2.30. The average Bonchev–Trinajstić information content (AvgIpc) is 3.03. The Bertz CT molecular complexity index is 564. The maximum Gasteiger partial charge on any atom is 0.109 e. The lowest BCUT2D eigenvalue weighted by atomic mass is 9.91. The van der Waals surface area contributed by atoms with E-state index in [0.29, 0.717) is 12.0 Å². The zero-order chi connectivity index (χ0) is 13.2. The Labute approximate surface area is 118 Å². The summed E-state index contributed by atoms with van der Waals surface area (Å²) in [6.07, 6.45) is 4.86. The van der Waals surface area contributed by atoms with Crippen LogP contribution in [0.5, 0.6) is 0 Å². The standard InChI is InChI=1S/C15H19N3S/c1-16-13(9-15-17-7-8-18(15)2)12-10-19-14-6-4-3-5-11(12)14/h3-8,12-13,16H,9-10H2,1-2H3. The second-order valence-electron chi connectivity index (χ2n) is 5.01. The van der Waals surface area contributed by atoms with Crippen LogP contribution in [0.3, 0.4) is 0 Å². The first-order chi connectivity index (χ1) is 9.29. The van der Waals surface area contributed by atoms with Crippen LogP contribution in [0.4, 0.5) is 0 Å². The van der Waals surface area contributed by atoms with Crippen molar-refractivity contribution in [3.63, 3.8) is 0 Å². The van der Waals surface area contributed by atoms with Gasteiger partial charge in [0.25, 0.3) is 0 Å². The highest BCUT2D eigenvalue weighted by molar-refractivity contribution is 7.99. The quantitative estimate of drug-likeness (QED) is 0.928. The van der Waals surface area contributed by atoms with Gasteiger partial charge < -0.3 is 9.88 Å². The number of fused-ring (bicyclic) bond motifs is 1. The van der Waals surface area contributed by atoms with Crippen LogP contribution in [0.15, 0.2) is 41.6 Å². The number of rotatable bonds is 4. The molecule has 0 spiro atoms. The summed E-state index contributed by atoms with van der Waals surface area (Å²) in [5.41, 5.74) is 1.49. The molecular weight excluding hydrogens is 254 g/mol. The van der Waals surface area contributed by atoms with E-state index in [-0.39, 0.29) is 0 Å². The van der Waals surface area contributed by atoms with Crippen LogP contribution < -0.4 is 5.32 Å². The lowest BCUT2D eigenvalue weighted by Gasteiger charge is -2.23. The largest absolute Gasteiger partial charge is 0.338 e. The van der Waals surface area contributed by atoms with Crippen molar-refractivity contribution in [1.82, 2.24) is 14.9 Å². The fraction of sp³-hybridized carbons (Fsp3) is 0.400. The number of hydrogen-bond acceptors (Lipinski definition) is 3. The van der Waals surface area contributed by atoms with Crippen LogP contribution in [0, 0.1) is 0 Å². The number of nitrogens with zero attached hydrogens (tertiary/aromatic N) is 2. The monoisotopic (exact) mass is 273 g/mol. The van der Waals surface area contributed by atoms with E-state index in [1.807, 2.05) is 24.2 Å². The van der Waals surface area contributed by atoms with Crippen LogP contribution in [0.2, 0.25) is 0 Å². The maximum atomic E-state index is 4.45. The van der Waals surface area contributed by atoms with Crippen LogP contribution >= 0.6 is 11.8 Å². The molecule has 2 unspecified atom stereocenters. The van der Waals surface area contributed by atoms with Gasteiger partial charge >= 0.3 is 0 Å². The van der Waals surface area contributed by atoms with E-state index in [9.17, 15) is 0 Å². The molecule has 0 aliphatic carbocycles. The second kappa shape index (κ2) is 5.39. The molecule has 0 fully saturated rings. The fourth-order valence-electron chi connectivity index (χ4n) is 2.76. The molecule has 3 nitrogen and oxygen atoms in total. The Kier molecular flexibility index (Phi) is 3.62. The lowest BCUT2D eigenvalue weighted by Crippen LogP contribution is -2.35. The van der Waals surface area contributed by atoms with Gasteiger partial charge in [0.05, 0.1) is 0 Å². The number of aromatic nitrogens is 2. The summed E-state index contributed by atoms with van der Waals surface area (Å²) in [5.74, 6) is 2.88. The van der Waals surface area contributed by atoms with Crippen LogP contribution in [0.25, 0.3) is 0 Å². The van der Waals surface area contributed by atoms with E-state index in [1.54, 1.807) is 0 Å². The SMILES string of the molecule is CNC(Cc1nccn1C)C1CSc2ccccc21. The molecule has 2 aromatic rings. The van der Waals surface area contributed by atoms with E-state index in [4.69, 9.17) is 0 Å². The summed E-state index contributed by atoms with van der Waals surface area (Å²) in [5, 5.41) is 3.48. The van der Waals surface area contributed by atoms with Gasteiger partial charge in [0.2, 0.25) is 0 Å².